The molecule has 0 bridgehead atoms. The fraction of sp³-hybridized carbons (Fsp3) is 0.658. The van der Waals surface area contributed by atoms with Crippen molar-refractivity contribution >= 4 is 6.16 Å². The highest BCUT2D eigenvalue weighted by Gasteiger charge is 2.49. The molecule has 6 aliphatic rings. The van der Waals surface area contributed by atoms with E-state index in [0.29, 0.717) is 40.6 Å². The van der Waals surface area contributed by atoms with Crippen LogP contribution in [0.25, 0.3) is 0 Å². The molecule has 0 radical (unpaired) electrons. The van der Waals surface area contributed by atoms with E-state index in [2.05, 4.69) is 31.2 Å². The standard InChI is InChI=1S/C38H48O4/c1-38-19-17-26(39)8-16-36(38)35-13-7-25-22-28(10-15-31(25)34(35)18-20-38)42-37(40)41-27-9-14-30-24(21-27)6-12-32-29-4-2-3-23(29)5-11-33(30)32/h9-10,14-15,21-23,26,29,32-36,39H,2-8,11-13,16-20H2,1H3. The first-order valence-corrected chi connectivity index (χ1v) is 17.3. The number of hydrogen-bond donors (Lipinski definition) is 1. The quantitative estimate of drug-likeness (QED) is 0.290. The Bertz CT molecular complexity index is 1350. The first-order valence-electron chi connectivity index (χ1n) is 17.3. The number of benzene rings is 2. The molecule has 4 saturated carbocycles. The number of fused-ring (bicyclic) bond motifs is 10. The second-order valence-electron chi connectivity index (χ2n) is 15.3. The van der Waals surface area contributed by atoms with Crippen LogP contribution in [0, 0.1) is 35.0 Å². The summed E-state index contributed by atoms with van der Waals surface area (Å²) in [5, 5.41) is 10.4. The van der Waals surface area contributed by atoms with Crippen LogP contribution in [0.5, 0.6) is 11.5 Å². The van der Waals surface area contributed by atoms with Crippen LogP contribution in [0.3, 0.4) is 0 Å². The van der Waals surface area contributed by atoms with Crippen molar-refractivity contribution in [3.05, 3.63) is 58.7 Å². The van der Waals surface area contributed by atoms with Gasteiger partial charge < -0.3 is 14.6 Å². The normalized spacial score (nSPS) is 38.4. The lowest BCUT2D eigenvalue weighted by Gasteiger charge is -2.51. The third-order valence-corrected chi connectivity index (χ3v) is 13.4. The number of hydrogen-bond acceptors (Lipinski definition) is 4. The summed E-state index contributed by atoms with van der Waals surface area (Å²) in [6.07, 6.45) is 17.6. The van der Waals surface area contributed by atoms with Gasteiger partial charge in [0, 0.05) is 0 Å². The average Bonchev–Trinajstić information content (AvgIpc) is 3.42. The summed E-state index contributed by atoms with van der Waals surface area (Å²) in [4.78, 5) is 12.9. The number of rotatable bonds is 2. The minimum Gasteiger partial charge on any atom is -0.395 e. The number of ether oxygens (including phenoxy) is 2. The lowest BCUT2D eigenvalue weighted by atomic mass is 9.53. The van der Waals surface area contributed by atoms with Crippen LogP contribution in [0.4, 0.5) is 4.79 Å². The molecule has 4 nitrogen and oxygen atoms in total. The van der Waals surface area contributed by atoms with Gasteiger partial charge >= 0.3 is 6.16 Å². The lowest BCUT2D eigenvalue weighted by Crippen LogP contribution is -2.42. The molecular weight excluding hydrogens is 520 g/mol. The molecule has 0 saturated heterocycles. The van der Waals surface area contributed by atoms with Gasteiger partial charge in [0.2, 0.25) is 0 Å². The SMILES string of the molecule is CC12CCC(O)CCC1C1CCc3cc(OC(=O)Oc4ccc5c(c4)CCC4C5CCC5CCCC54)ccc3C1CC2. The van der Waals surface area contributed by atoms with Crippen LogP contribution < -0.4 is 9.47 Å². The van der Waals surface area contributed by atoms with E-state index in [9.17, 15) is 9.90 Å². The summed E-state index contributed by atoms with van der Waals surface area (Å²) in [7, 11) is 0. The van der Waals surface area contributed by atoms with E-state index in [4.69, 9.17) is 9.47 Å². The minimum absolute atomic E-state index is 0.119. The Morgan fingerprint density at radius 2 is 1.38 bits per heavy atom. The average molecular weight is 569 g/mol. The van der Waals surface area contributed by atoms with Crippen molar-refractivity contribution in [3.63, 3.8) is 0 Å². The molecule has 0 amide bonds. The van der Waals surface area contributed by atoms with Crippen molar-refractivity contribution in [2.24, 2.45) is 35.0 Å². The van der Waals surface area contributed by atoms with Gasteiger partial charge in [-0.3, -0.25) is 0 Å². The highest BCUT2D eigenvalue weighted by Crippen LogP contribution is 2.59. The molecule has 4 fully saturated rings. The van der Waals surface area contributed by atoms with Gasteiger partial charge in [-0.05, 0) is 177 Å². The fourth-order valence-electron chi connectivity index (χ4n) is 11.4. The van der Waals surface area contributed by atoms with E-state index in [1.165, 1.54) is 80.0 Å². The van der Waals surface area contributed by atoms with Gasteiger partial charge in [0.25, 0.3) is 0 Å². The Labute approximate surface area is 251 Å². The second-order valence-corrected chi connectivity index (χ2v) is 15.3. The van der Waals surface area contributed by atoms with Gasteiger partial charge in [0.05, 0.1) is 6.10 Å². The van der Waals surface area contributed by atoms with Crippen LogP contribution in [0.2, 0.25) is 0 Å². The first kappa shape index (κ1) is 27.2. The van der Waals surface area contributed by atoms with E-state index in [-0.39, 0.29) is 6.10 Å². The van der Waals surface area contributed by atoms with Gasteiger partial charge in [-0.1, -0.05) is 31.9 Å². The molecule has 8 rings (SSSR count). The van der Waals surface area contributed by atoms with Crippen molar-refractivity contribution in [2.75, 3.05) is 0 Å². The van der Waals surface area contributed by atoms with E-state index >= 15 is 0 Å². The van der Waals surface area contributed by atoms with Crippen LogP contribution in [-0.2, 0) is 12.8 Å². The minimum atomic E-state index is -0.644. The molecule has 6 aliphatic carbocycles. The summed E-state index contributed by atoms with van der Waals surface area (Å²) < 4.78 is 11.5. The third-order valence-electron chi connectivity index (χ3n) is 13.4. The van der Waals surface area contributed by atoms with Crippen molar-refractivity contribution in [3.8, 4) is 11.5 Å². The van der Waals surface area contributed by atoms with Crippen molar-refractivity contribution in [2.45, 2.75) is 121 Å². The summed E-state index contributed by atoms with van der Waals surface area (Å²) in [5.41, 5.74) is 6.04. The molecule has 0 heterocycles. The zero-order chi connectivity index (χ0) is 28.4. The smallest absolute Gasteiger partial charge is 0.395 e. The lowest BCUT2D eigenvalue weighted by molar-refractivity contribution is 0.0255. The molecule has 42 heavy (non-hydrogen) atoms. The Hall–Kier alpha value is -2.33. The number of aryl methyl sites for hydroxylation is 2. The topological polar surface area (TPSA) is 55.8 Å². The molecule has 0 spiro atoms. The van der Waals surface area contributed by atoms with Gasteiger partial charge in [-0.15, -0.1) is 0 Å². The highest BCUT2D eigenvalue weighted by atomic mass is 16.7. The van der Waals surface area contributed by atoms with Crippen LogP contribution >= 0.6 is 0 Å². The van der Waals surface area contributed by atoms with Crippen LogP contribution in [-0.4, -0.2) is 17.4 Å². The van der Waals surface area contributed by atoms with Gasteiger partial charge in [-0.25, -0.2) is 4.79 Å². The van der Waals surface area contributed by atoms with Crippen LogP contribution in [0.1, 0.15) is 124 Å². The molecule has 4 heteroatoms. The van der Waals surface area contributed by atoms with E-state index in [0.717, 1.165) is 56.3 Å². The molecule has 9 unspecified atom stereocenters. The van der Waals surface area contributed by atoms with Crippen molar-refractivity contribution in [1.29, 1.82) is 0 Å². The third kappa shape index (κ3) is 4.71. The summed E-state index contributed by atoms with van der Waals surface area (Å²) in [6.45, 7) is 2.49. The number of aliphatic hydroxyl groups excluding tert-OH is 1. The highest BCUT2D eigenvalue weighted by molar-refractivity contribution is 5.67. The van der Waals surface area contributed by atoms with Crippen molar-refractivity contribution < 1.29 is 19.4 Å². The van der Waals surface area contributed by atoms with E-state index in [1.54, 1.807) is 0 Å². The van der Waals surface area contributed by atoms with Gasteiger partial charge in [-0.2, -0.15) is 0 Å². The zero-order valence-corrected chi connectivity index (χ0v) is 25.4. The van der Waals surface area contributed by atoms with E-state index in [1.807, 2.05) is 12.1 Å². The Morgan fingerprint density at radius 3 is 2.12 bits per heavy atom. The van der Waals surface area contributed by atoms with Gasteiger partial charge in [0.1, 0.15) is 11.5 Å². The second kappa shape index (κ2) is 10.7. The molecule has 9 atom stereocenters. The van der Waals surface area contributed by atoms with E-state index < -0.39 is 6.16 Å². The summed E-state index contributed by atoms with van der Waals surface area (Å²) in [5.74, 6) is 6.64. The first-order chi connectivity index (χ1) is 20.4. The maximum atomic E-state index is 12.9. The van der Waals surface area contributed by atoms with Gasteiger partial charge in [0.15, 0.2) is 0 Å². The molecule has 1 N–H and O–H groups in total. The largest absolute Gasteiger partial charge is 0.519 e. The Balaban J connectivity index is 0.931. The maximum absolute atomic E-state index is 12.9. The predicted octanol–water partition coefficient (Wildman–Crippen LogP) is 9.12. The van der Waals surface area contributed by atoms with Crippen LogP contribution in [0.15, 0.2) is 36.4 Å². The molecule has 0 aromatic heterocycles. The molecular formula is C38H48O4. The number of aliphatic hydroxyl groups is 1. The Kier molecular flexibility index (Phi) is 6.93. The molecule has 2 aromatic rings. The maximum Gasteiger partial charge on any atom is 0.519 e. The molecule has 0 aliphatic heterocycles. The zero-order valence-electron chi connectivity index (χ0n) is 25.4. The summed E-state index contributed by atoms with van der Waals surface area (Å²) in [6, 6.07) is 12.6. The molecule has 2 aromatic carbocycles. The number of carbonyl (C=O) groups is 1. The predicted molar refractivity (Wildman–Crippen MR) is 164 cm³/mol. The Morgan fingerprint density at radius 1 is 0.714 bits per heavy atom. The van der Waals surface area contributed by atoms with Crippen molar-refractivity contribution in [1.82, 2.24) is 0 Å². The number of carbonyl (C=O) groups excluding carboxylic acids is 1. The molecule has 224 valence electrons. The monoisotopic (exact) mass is 568 g/mol. The fourth-order valence-corrected chi connectivity index (χ4v) is 11.4. The summed E-state index contributed by atoms with van der Waals surface area (Å²) >= 11 is 0.